The number of nitrogens with zero attached hydrogens (tertiary/aromatic N) is 3. The van der Waals surface area contributed by atoms with Gasteiger partial charge in [0.1, 0.15) is 17.2 Å². The molecule has 0 radical (unpaired) electrons. The Morgan fingerprint density at radius 1 is 1.06 bits per heavy atom. The molecule has 0 saturated heterocycles. The molecule has 0 spiro atoms. The van der Waals surface area contributed by atoms with Gasteiger partial charge in [-0.1, -0.05) is 0 Å². The number of carbonyl (C=O) groups excluding carboxylic acids is 1. The van der Waals surface area contributed by atoms with Crippen molar-refractivity contribution in [2.75, 3.05) is 14.2 Å². The summed E-state index contributed by atoms with van der Waals surface area (Å²) in [7, 11) is 3.10. The third kappa shape index (κ3) is 4.82. The zero-order chi connectivity index (χ0) is 22.8. The van der Waals surface area contributed by atoms with Crippen molar-refractivity contribution in [2.24, 2.45) is 0 Å². The fourth-order valence-electron chi connectivity index (χ4n) is 3.00. The second kappa shape index (κ2) is 8.47. The Morgan fingerprint density at radius 3 is 2.29 bits per heavy atom. The normalized spacial score (nSPS) is 11.1. The summed E-state index contributed by atoms with van der Waals surface area (Å²) in [4.78, 5) is 23.5. The predicted molar refractivity (Wildman–Crippen MR) is 116 cm³/mol. The first-order valence-electron chi connectivity index (χ1n) is 9.53. The van der Waals surface area contributed by atoms with Gasteiger partial charge >= 0.3 is 0 Å². The first-order chi connectivity index (χ1) is 14.6. The number of nitro benzene ring substituents is 1. The van der Waals surface area contributed by atoms with E-state index in [4.69, 9.17) is 9.47 Å². The molecule has 162 valence electrons. The molecule has 0 saturated carbocycles. The van der Waals surface area contributed by atoms with E-state index in [1.165, 1.54) is 16.8 Å². The number of nitro groups is 1. The van der Waals surface area contributed by atoms with Crippen molar-refractivity contribution in [2.45, 2.75) is 26.3 Å². The summed E-state index contributed by atoms with van der Waals surface area (Å²) < 4.78 is 12.2. The molecule has 1 heterocycles. The van der Waals surface area contributed by atoms with Gasteiger partial charge in [-0.2, -0.15) is 5.10 Å². The molecule has 0 aliphatic carbocycles. The van der Waals surface area contributed by atoms with Crippen LogP contribution in [0.2, 0.25) is 0 Å². The number of hydrogen-bond donors (Lipinski definition) is 1. The lowest BCUT2D eigenvalue weighted by atomic mass is 10.1. The topological polar surface area (TPSA) is 109 Å². The second-order valence-electron chi connectivity index (χ2n) is 7.87. The number of carbonyl (C=O) groups is 1. The molecule has 0 aliphatic heterocycles. The van der Waals surface area contributed by atoms with Gasteiger partial charge in [0.2, 0.25) is 0 Å². The molecule has 9 heteroatoms. The molecule has 0 atom stereocenters. The average Bonchev–Trinajstić information content (AvgIpc) is 3.17. The smallest absolute Gasteiger partial charge is 0.270 e. The molecule has 1 N–H and O–H groups in total. The van der Waals surface area contributed by atoms with Crippen molar-refractivity contribution in [3.05, 3.63) is 64.3 Å². The number of rotatable bonds is 6. The van der Waals surface area contributed by atoms with Gasteiger partial charge in [0.25, 0.3) is 11.6 Å². The van der Waals surface area contributed by atoms with Crippen LogP contribution in [0.15, 0.2) is 48.5 Å². The van der Waals surface area contributed by atoms with Gasteiger partial charge in [0, 0.05) is 29.3 Å². The molecule has 1 aromatic heterocycles. The summed E-state index contributed by atoms with van der Waals surface area (Å²) in [5.41, 5.74) is 1.49. The molecule has 1 amide bonds. The minimum absolute atomic E-state index is 0.0475. The van der Waals surface area contributed by atoms with E-state index in [0.29, 0.717) is 28.4 Å². The zero-order valence-corrected chi connectivity index (χ0v) is 18.0. The predicted octanol–water partition coefficient (Wildman–Crippen LogP) is 3.99. The highest BCUT2D eigenvalue weighted by atomic mass is 16.6. The van der Waals surface area contributed by atoms with E-state index in [1.807, 2.05) is 20.8 Å². The van der Waals surface area contributed by atoms with Gasteiger partial charge in [0.15, 0.2) is 0 Å². The Morgan fingerprint density at radius 2 is 1.74 bits per heavy atom. The van der Waals surface area contributed by atoms with Crippen LogP contribution in [0.3, 0.4) is 0 Å². The molecule has 0 unspecified atom stereocenters. The lowest BCUT2D eigenvalue weighted by Crippen LogP contribution is -2.41. The lowest BCUT2D eigenvalue weighted by molar-refractivity contribution is -0.384. The number of nitrogens with one attached hydrogen (secondary N) is 1. The SMILES string of the molecule is COc1ccc(-c2cc(C(=O)NC(C)(C)C)n(-c3ccc([N+](=O)[O-])cc3)n2)c(OC)c1. The molecule has 31 heavy (non-hydrogen) atoms. The maximum absolute atomic E-state index is 13.0. The molecular formula is C22H24N4O5. The Kier molecular flexibility index (Phi) is 5.96. The van der Waals surface area contributed by atoms with E-state index in [1.54, 1.807) is 50.6 Å². The molecular weight excluding hydrogens is 400 g/mol. The van der Waals surface area contributed by atoms with Crippen molar-refractivity contribution < 1.29 is 19.2 Å². The molecule has 2 aromatic carbocycles. The lowest BCUT2D eigenvalue weighted by Gasteiger charge is -2.20. The average molecular weight is 424 g/mol. The number of non-ortho nitro benzene ring substituents is 1. The Labute approximate surface area is 179 Å². The van der Waals surface area contributed by atoms with Crippen LogP contribution in [-0.4, -0.2) is 40.4 Å². The van der Waals surface area contributed by atoms with Crippen LogP contribution >= 0.6 is 0 Å². The number of methoxy groups -OCH3 is 2. The molecule has 9 nitrogen and oxygen atoms in total. The number of aromatic nitrogens is 2. The highest BCUT2D eigenvalue weighted by Crippen LogP contribution is 2.33. The monoisotopic (exact) mass is 424 g/mol. The van der Waals surface area contributed by atoms with Gasteiger partial charge in [-0.3, -0.25) is 14.9 Å². The van der Waals surface area contributed by atoms with E-state index in [9.17, 15) is 14.9 Å². The first-order valence-corrected chi connectivity index (χ1v) is 9.53. The van der Waals surface area contributed by atoms with Crippen LogP contribution in [0, 0.1) is 10.1 Å². The Bertz CT molecular complexity index is 1110. The van der Waals surface area contributed by atoms with Crippen molar-refractivity contribution in [1.82, 2.24) is 15.1 Å². The number of benzene rings is 2. The minimum Gasteiger partial charge on any atom is -0.497 e. The quantitative estimate of drug-likeness (QED) is 0.473. The standard InChI is InChI=1S/C22H24N4O5/c1-22(2,3)23-21(27)19-13-18(17-11-10-16(30-4)12-20(17)31-5)24-25(19)14-6-8-15(9-7-14)26(28)29/h6-13H,1-5H3,(H,23,27). The second-order valence-corrected chi connectivity index (χ2v) is 7.87. The number of ether oxygens (including phenoxy) is 2. The van der Waals surface area contributed by atoms with Gasteiger partial charge < -0.3 is 14.8 Å². The highest BCUT2D eigenvalue weighted by molar-refractivity contribution is 5.95. The van der Waals surface area contributed by atoms with Crippen molar-refractivity contribution in [1.29, 1.82) is 0 Å². The Hall–Kier alpha value is -3.88. The van der Waals surface area contributed by atoms with Crippen LogP contribution in [-0.2, 0) is 0 Å². The van der Waals surface area contributed by atoms with E-state index in [2.05, 4.69) is 10.4 Å². The van der Waals surface area contributed by atoms with Gasteiger partial charge in [-0.15, -0.1) is 0 Å². The minimum atomic E-state index is -0.478. The van der Waals surface area contributed by atoms with E-state index < -0.39 is 10.5 Å². The third-order valence-electron chi connectivity index (χ3n) is 4.42. The van der Waals surface area contributed by atoms with Gasteiger partial charge in [-0.05, 0) is 51.1 Å². The van der Waals surface area contributed by atoms with Crippen LogP contribution in [0.25, 0.3) is 16.9 Å². The zero-order valence-electron chi connectivity index (χ0n) is 18.0. The summed E-state index contributed by atoms with van der Waals surface area (Å²) >= 11 is 0. The molecule has 0 bridgehead atoms. The number of amides is 1. The fraction of sp³-hybridized carbons (Fsp3) is 0.273. The van der Waals surface area contributed by atoms with Crippen molar-refractivity contribution in [3.63, 3.8) is 0 Å². The van der Waals surface area contributed by atoms with Crippen molar-refractivity contribution in [3.8, 4) is 28.4 Å². The number of hydrogen-bond acceptors (Lipinski definition) is 6. The van der Waals surface area contributed by atoms with Crippen LogP contribution in [0.1, 0.15) is 31.3 Å². The Balaban J connectivity index is 2.14. The molecule has 0 aliphatic rings. The van der Waals surface area contributed by atoms with Gasteiger partial charge in [0.05, 0.1) is 30.5 Å². The van der Waals surface area contributed by atoms with Crippen LogP contribution < -0.4 is 14.8 Å². The molecule has 0 fully saturated rings. The maximum atomic E-state index is 13.0. The third-order valence-corrected chi connectivity index (χ3v) is 4.42. The van der Waals surface area contributed by atoms with E-state index >= 15 is 0 Å². The summed E-state index contributed by atoms with van der Waals surface area (Å²) in [6.45, 7) is 5.64. The van der Waals surface area contributed by atoms with Crippen LogP contribution in [0.5, 0.6) is 11.5 Å². The summed E-state index contributed by atoms with van der Waals surface area (Å²) in [5.74, 6) is 0.841. The maximum Gasteiger partial charge on any atom is 0.270 e. The van der Waals surface area contributed by atoms with E-state index in [-0.39, 0.29) is 17.3 Å². The largest absolute Gasteiger partial charge is 0.497 e. The summed E-state index contributed by atoms with van der Waals surface area (Å²) in [5, 5.41) is 18.5. The van der Waals surface area contributed by atoms with E-state index in [0.717, 1.165) is 0 Å². The highest BCUT2D eigenvalue weighted by Gasteiger charge is 2.23. The summed E-state index contributed by atoms with van der Waals surface area (Å²) in [6, 6.07) is 12.8. The molecule has 3 aromatic rings. The fourth-order valence-corrected chi connectivity index (χ4v) is 3.00. The van der Waals surface area contributed by atoms with Gasteiger partial charge in [-0.25, -0.2) is 4.68 Å². The van der Waals surface area contributed by atoms with Crippen molar-refractivity contribution >= 4 is 11.6 Å². The summed E-state index contributed by atoms with van der Waals surface area (Å²) in [6.07, 6.45) is 0. The molecule has 3 rings (SSSR count). The first kappa shape index (κ1) is 21.8. The van der Waals surface area contributed by atoms with Crippen LogP contribution in [0.4, 0.5) is 5.69 Å².